The Labute approximate surface area is 166 Å². The highest BCUT2D eigenvalue weighted by Crippen LogP contribution is 2.36. The van der Waals surface area contributed by atoms with Gasteiger partial charge in [0.15, 0.2) is 5.96 Å². The van der Waals surface area contributed by atoms with Crippen molar-refractivity contribution >= 4 is 5.96 Å². The number of nitrogens with one attached hydrogen (secondary N) is 1. The lowest BCUT2D eigenvalue weighted by atomic mass is 9.82. The van der Waals surface area contributed by atoms with Crippen molar-refractivity contribution in [3.63, 3.8) is 0 Å². The molecule has 3 aliphatic heterocycles. The smallest absolute Gasteiger partial charge is 0.193 e. The van der Waals surface area contributed by atoms with E-state index in [0.717, 1.165) is 18.4 Å². The molecule has 3 saturated heterocycles. The fourth-order valence-corrected chi connectivity index (χ4v) is 6.16. The Morgan fingerprint density at radius 1 is 0.926 bits per heavy atom. The highest BCUT2D eigenvalue weighted by Gasteiger charge is 2.41. The van der Waals surface area contributed by atoms with E-state index in [1.165, 1.54) is 103 Å². The summed E-state index contributed by atoms with van der Waals surface area (Å²) in [5.41, 5.74) is 0.329. The minimum Gasteiger partial charge on any atom is -0.354 e. The molecule has 0 aromatic rings. The first-order chi connectivity index (χ1) is 13.2. The molecule has 0 aromatic heterocycles. The van der Waals surface area contributed by atoms with Gasteiger partial charge in [0.05, 0.1) is 0 Å². The van der Waals surface area contributed by atoms with Crippen LogP contribution in [0.1, 0.15) is 57.8 Å². The average Bonchev–Trinajstić information content (AvgIpc) is 3.15. The van der Waals surface area contributed by atoms with Crippen LogP contribution in [0.2, 0.25) is 0 Å². The van der Waals surface area contributed by atoms with Crippen LogP contribution in [0.15, 0.2) is 4.99 Å². The van der Waals surface area contributed by atoms with E-state index in [1.54, 1.807) is 0 Å². The summed E-state index contributed by atoms with van der Waals surface area (Å²) < 4.78 is 0. The lowest BCUT2D eigenvalue weighted by Gasteiger charge is -2.50. The van der Waals surface area contributed by atoms with Gasteiger partial charge in [0.25, 0.3) is 0 Å². The van der Waals surface area contributed by atoms with E-state index in [1.807, 2.05) is 7.05 Å². The second-order valence-electron chi connectivity index (χ2n) is 9.69. The van der Waals surface area contributed by atoms with Gasteiger partial charge in [-0.2, -0.15) is 0 Å². The van der Waals surface area contributed by atoms with Crippen molar-refractivity contribution in [1.82, 2.24) is 20.0 Å². The lowest BCUT2D eigenvalue weighted by Crippen LogP contribution is -2.62. The van der Waals surface area contributed by atoms with Crippen LogP contribution in [0.3, 0.4) is 0 Å². The van der Waals surface area contributed by atoms with Crippen molar-refractivity contribution < 1.29 is 0 Å². The molecule has 3 heterocycles. The zero-order valence-electron chi connectivity index (χ0n) is 17.8. The maximum Gasteiger partial charge on any atom is 0.193 e. The quantitative estimate of drug-likeness (QED) is 0.607. The van der Waals surface area contributed by atoms with Crippen molar-refractivity contribution in [2.24, 2.45) is 16.8 Å². The summed E-state index contributed by atoms with van der Waals surface area (Å²) in [5, 5.41) is 3.86. The number of hydrogen-bond acceptors (Lipinski definition) is 3. The number of hydrogen-bond donors (Lipinski definition) is 1. The summed E-state index contributed by atoms with van der Waals surface area (Å²) in [6, 6.07) is 0. The van der Waals surface area contributed by atoms with E-state index in [0.29, 0.717) is 5.54 Å². The number of likely N-dealkylation sites (tertiary alicyclic amines) is 3. The number of aliphatic imine (C=N–C) groups is 1. The van der Waals surface area contributed by atoms with Crippen molar-refractivity contribution in [2.45, 2.75) is 63.3 Å². The summed E-state index contributed by atoms with van der Waals surface area (Å²) in [7, 11) is 4.25. The maximum absolute atomic E-state index is 4.71. The molecular weight excluding hydrogens is 334 g/mol. The van der Waals surface area contributed by atoms with E-state index < -0.39 is 0 Å². The molecule has 0 amide bonds. The topological polar surface area (TPSA) is 34.1 Å². The molecule has 0 radical (unpaired) electrons. The molecule has 2 atom stereocenters. The molecule has 1 saturated carbocycles. The lowest BCUT2D eigenvalue weighted by molar-refractivity contribution is 0.0170. The number of nitrogens with zero attached hydrogens (tertiary/aromatic N) is 4. The third-order valence-electron chi connectivity index (χ3n) is 8.01. The van der Waals surface area contributed by atoms with Gasteiger partial charge in [0, 0.05) is 32.2 Å². The van der Waals surface area contributed by atoms with Crippen LogP contribution in [0.25, 0.3) is 0 Å². The molecule has 4 rings (SSSR count). The van der Waals surface area contributed by atoms with Crippen LogP contribution in [0.4, 0.5) is 0 Å². The molecule has 4 fully saturated rings. The zero-order valence-corrected chi connectivity index (χ0v) is 17.8. The molecule has 0 spiro atoms. The minimum absolute atomic E-state index is 0.329. The van der Waals surface area contributed by atoms with Crippen molar-refractivity contribution in [2.75, 3.05) is 59.9 Å². The van der Waals surface area contributed by atoms with E-state index in [9.17, 15) is 0 Å². The Morgan fingerprint density at radius 3 is 2.15 bits per heavy atom. The molecule has 5 heteroatoms. The molecule has 1 N–H and O–H groups in total. The molecule has 5 nitrogen and oxygen atoms in total. The second-order valence-corrected chi connectivity index (χ2v) is 9.69. The van der Waals surface area contributed by atoms with Gasteiger partial charge in [0.2, 0.25) is 0 Å². The van der Waals surface area contributed by atoms with Gasteiger partial charge >= 0.3 is 0 Å². The highest BCUT2D eigenvalue weighted by molar-refractivity contribution is 5.80. The fraction of sp³-hybridized carbons (Fsp3) is 0.955. The Kier molecular flexibility index (Phi) is 6.28. The van der Waals surface area contributed by atoms with Gasteiger partial charge in [-0.05, 0) is 83.6 Å². The minimum atomic E-state index is 0.329. The largest absolute Gasteiger partial charge is 0.354 e. The first-order valence-corrected chi connectivity index (χ1v) is 11.6. The highest BCUT2D eigenvalue weighted by atomic mass is 15.3. The van der Waals surface area contributed by atoms with Gasteiger partial charge < -0.3 is 15.1 Å². The van der Waals surface area contributed by atoms with Crippen LogP contribution >= 0.6 is 0 Å². The summed E-state index contributed by atoms with van der Waals surface area (Å²) in [6.07, 6.45) is 12.5. The molecule has 2 unspecified atom stereocenters. The first-order valence-electron chi connectivity index (χ1n) is 11.6. The van der Waals surface area contributed by atoms with Crippen LogP contribution in [-0.4, -0.2) is 86.1 Å². The number of piperidine rings is 2. The van der Waals surface area contributed by atoms with Crippen LogP contribution in [0, 0.1) is 11.8 Å². The predicted octanol–water partition coefficient (Wildman–Crippen LogP) is 2.63. The molecule has 1 aliphatic carbocycles. The van der Waals surface area contributed by atoms with E-state index in [-0.39, 0.29) is 0 Å². The second kappa shape index (κ2) is 8.69. The molecule has 27 heavy (non-hydrogen) atoms. The standard InChI is InChI=1S/C22H41N5/c1-23-21(26-16-19-8-4-5-9-20(19)17-26)24-18-22(10-14-25(2)15-11-22)27-12-6-3-7-13-27/h19-20H,3-18H2,1-2H3,(H,23,24). The molecule has 154 valence electrons. The Morgan fingerprint density at radius 2 is 1.56 bits per heavy atom. The fourth-order valence-electron chi connectivity index (χ4n) is 6.16. The summed E-state index contributed by atoms with van der Waals surface area (Å²) >= 11 is 0. The van der Waals surface area contributed by atoms with Gasteiger partial charge in [-0.25, -0.2) is 0 Å². The molecular formula is C22H41N5. The molecule has 4 aliphatic rings. The number of rotatable bonds is 3. The van der Waals surface area contributed by atoms with Crippen LogP contribution < -0.4 is 5.32 Å². The monoisotopic (exact) mass is 375 g/mol. The van der Waals surface area contributed by atoms with Crippen molar-refractivity contribution in [3.05, 3.63) is 0 Å². The summed E-state index contributed by atoms with van der Waals surface area (Å²) in [5.74, 6) is 2.99. The Balaban J connectivity index is 1.40. The average molecular weight is 376 g/mol. The van der Waals surface area contributed by atoms with Crippen molar-refractivity contribution in [1.29, 1.82) is 0 Å². The van der Waals surface area contributed by atoms with Crippen LogP contribution in [-0.2, 0) is 0 Å². The third-order valence-corrected chi connectivity index (χ3v) is 8.01. The van der Waals surface area contributed by atoms with Crippen LogP contribution in [0.5, 0.6) is 0 Å². The molecule has 0 aromatic carbocycles. The van der Waals surface area contributed by atoms with E-state index >= 15 is 0 Å². The number of fused-ring (bicyclic) bond motifs is 1. The first kappa shape index (κ1) is 19.5. The number of guanidine groups is 1. The third kappa shape index (κ3) is 4.29. The van der Waals surface area contributed by atoms with Gasteiger partial charge in [0.1, 0.15) is 0 Å². The summed E-state index contributed by atoms with van der Waals surface area (Å²) in [4.78, 5) is 12.6. The van der Waals surface area contributed by atoms with Gasteiger partial charge in [-0.3, -0.25) is 9.89 Å². The van der Waals surface area contributed by atoms with Crippen molar-refractivity contribution in [3.8, 4) is 0 Å². The molecule has 0 bridgehead atoms. The van der Waals surface area contributed by atoms with E-state index in [2.05, 4.69) is 27.1 Å². The summed E-state index contributed by atoms with van der Waals surface area (Å²) in [6.45, 7) is 8.55. The van der Waals surface area contributed by atoms with Gasteiger partial charge in [-0.15, -0.1) is 0 Å². The Bertz CT molecular complexity index is 491. The maximum atomic E-state index is 4.71. The normalized spacial score (nSPS) is 33.1. The SMILES string of the molecule is CN=C(NCC1(N2CCCCC2)CCN(C)CC1)N1CC2CCCCC2C1. The zero-order chi connectivity index (χ0) is 18.7. The predicted molar refractivity (Wildman–Crippen MR) is 113 cm³/mol. The van der Waals surface area contributed by atoms with E-state index in [4.69, 9.17) is 4.99 Å². The Hall–Kier alpha value is -0.810. The van der Waals surface area contributed by atoms with Gasteiger partial charge in [-0.1, -0.05) is 19.3 Å².